The maximum absolute atomic E-state index is 11.5. The minimum Gasteiger partial charge on any atom is -0.342 e. The predicted octanol–water partition coefficient (Wildman–Crippen LogP) is 1.09. The molecule has 1 saturated heterocycles. The Labute approximate surface area is 124 Å². The summed E-state index contributed by atoms with van der Waals surface area (Å²) in [4.78, 5) is 20.2. The zero-order valence-corrected chi connectivity index (χ0v) is 12.6. The van der Waals surface area contributed by atoms with Gasteiger partial charge in [-0.25, -0.2) is 9.50 Å². The summed E-state index contributed by atoms with van der Waals surface area (Å²) in [6.45, 7) is 8.07. The maximum Gasteiger partial charge on any atom is 0.219 e. The first-order valence-electron chi connectivity index (χ1n) is 7.40. The van der Waals surface area contributed by atoms with Gasteiger partial charge in [0.25, 0.3) is 0 Å². The van der Waals surface area contributed by atoms with Gasteiger partial charge < -0.3 is 4.90 Å². The molecule has 0 aliphatic carbocycles. The van der Waals surface area contributed by atoms with Crippen LogP contribution in [-0.4, -0.2) is 56.5 Å². The second-order valence-corrected chi connectivity index (χ2v) is 5.69. The van der Waals surface area contributed by atoms with Crippen molar-refractivity contribution in [2.24, 2.45) is 0 Å². The average molecular weight is 287 g/mol. The lowest BCUT2D eigenvalue weighted by Gasteiger charge is -2.20. The largest absolute Gasteiger partial charge is 0.342 e. The number of nitrogens with zero attached hydrogens (tertiary/aromatic N) is 5. The molecule has 0 saturated carbocycles. The number of carbonyl (C=O) groups excluding carboxylic acids is 1. The molecule has 6 nitrogen and oxygen atoms in total. The molecule has 0 atom stereocenters. The van der Waals surface area contributed by atoms with Crippen LogP contribution < -0.4 is 0 Å². The van der Waals surface area contributed by atoms with Crippen LogP contribution in [0.2, 0.25) is 0 Å². The van der Waals surface area contributed by atoms with Crippen molar-refractivity contribution in [3.05, 3.63) is 29.7 Å². The van der Waals surface area contributed by atoms with Crippen LogP contribution in [0.15, 0.2) is 18.5 Å². The third kappa shape index (κ3) is 3.21. The minimum absolute atomic E-state index is 0.173. The summed E-state index contributed by atoms with van der Waals surface area (Å²) in [5.74, 6) is 0.173. The Kier molecular flexibility index (Phi) is 3.88. The van der Waals surface area contributed by atoms with Crippen LogP contribution in [-0.2, 0) is 11.3 Å². The Morgan fingerprint density at radius 2 is 2.14 bits per heavy atom. The van der Waals surface area contributed by atoms with Crippen LogP contribution in [0.3, 0.4) is 0 Å². The van der Waals surface area contributed by atoms with E-state index in [1.165, 1.54) is 0 Å². The van der Waals surface area contributed by atoms with E-state index in [-0.39, 0.29) is 5.91 Å². The molecule has 1 amide bonds. The molecule has 0 N–H and O–H groups in total. The standard InChI is InChI=1S/C15H21N5O/c1-12-8-15-16-9-14(11-20(15)17-12)10-18-4-3-5-19(7-6-18)13(2)21/h8-9,11H,3-7,10H2,1-2H3. The molecule has 3 heterocycles. The molecule has 1 aliphatic rings. The summed E-state index contributed by atoms with van der Waals surface area (Å²) in [6.07, 6.45) is 4.99. The molecule has 112 valence electrons. The van der Waals surface area contributed by atoms with E-state index in [4.69, 9.17) is 0 Å². The van der Waals surface area contributed by atoms with Gasteiger partial charge in [0.1, 0.15) is 0 Å². The molecular formula is C15H21N5O. The van der Waals surface area contributed by atoms with Crippen molar-refractivity contribution in [3.63, 3.8) is 0 Å². The number of rotatable bonds is 2. The maximum atomic E-state index is 11.5. The molecule has 0 aromatic carbocycles. The molecule has 1 aliphatic heterocycles. The van der Waals surface area contributed by atoms with Gasteiger partial charge in [-0.05, 0) is 13.3 Å². The molecule has 0 radical (unpaired) electrons. The van der Waals surface area contributed by atoms with Gasteiger partial charge >= 0.3 is 0 Å². The Bertz CT molecular complexity index is 651. The summed E-state index contributed by atoms with van der Waals surface area (Å²) >= 11 is 0. The molecular weight excluding hydrogens is 266 g/mol. The zero-order valence-electron chi connectivity index (χ0n) is 12.6. The Hall–Kier alpha value is -1.95. The highest BCUT2D eigenvalue weighted by Crippen LogP contribution is 2.10. The molecule has 3 rings (SSSR count). The first-order chi connectivity index (χ1) is 10.1. The third-order valence-corrected chi connectivity index (χ3v) is 3.93. The number of aromatic nitrogens is 3. The van der Waals surface area contributed by atoms with Crippen molar-refractivity contribution < 1.29 is 4.79 Å². The summed E-state index contributed by atoms with van der Waals surface area (Å²) in [5.41, 5.74) is 3.02. The van der Waals surface area contributed by atoms with Gasteiger partial charge in [-0.15, -0.1) is 0 Å². The van der Waals surface area contributed by atoms with Crippen molar-refractivity contribution in [1.82, 2.24) is 24.4 Å². The molecule has 2 aromatic heterocycles. The fraction of sp³-hybridized carbons (Fsp3) is 0.533. The van der Waals surface area contributed by atoms with Crippen molar-refractivity contribution >= 4 is 11.6 Å². The van der Waals surface area contributed by atoms with Crippen LogP contribution >= 0.6 is 0 Å². The SMILES string of the molecule is CC(=O)N1CCCN(Cc2cnc3cc(C)nn3c2)CC1. The summed E-state index contributed by atoms with van der Waals surface area (Å²) < 4.78 is 1.84. The molecule has 21 heavy (non-hydrogen) atoms. The first kappa shape index (κ1) is 14.0. The van der Waals surface area contributed by atoms with Gasteiger partial charge in [-0.1, -0.05) is 0 Å². The van der Waals surface area contributed by atoms with Crippen LogP contribution in [0.1, 0.15) is 24.6 Å². The molecule has 2 aromatic rings. The van der Waals surface area contributed by atoms with Crippen LogP contribution in [0.5, 0.6) is 0 Å². The highest BCUT2D eigenvalue weighted by atomic mass is 16.2. The van der Waals surface area contributed by atoms with Gasteiger partial charge in [-0.3, -0.25) is 9.69 Å². The second-order valence-electron chi connectivity index (χ2n) is 5.69. The minimum atomic E-state index is 0.173. The lowest BCUT2D eigenvalue weighted by atomic mass is 10.3. The third-order valence-electron chi connectivity index (χ3n) is 3.93. The number of carbonyl (C=O) groups is 1. The van der Waals surface area contributed by atoms with E-state index in [2.05, 4.69) is 15.0 Å². The van der Waals surface area contributed by atoms with Crippen molar-refractivity contribution in [2.45, 2.75) is 26.8 Å². The first-order valence-corrected chi connectivity index (χ1v) is 7.40. The van der Waals surface area contributed by atoms with Crippen LogP contribution in [0.4, 0.5) is 0 Å². The van der Waals surface area contributed by atoms with Gasteiger partial charge in [0, 0.05) is 63.7 Å². The molecule has 0 unspecified atom stereocenters. The number of amides is 1. The molecule has 1 fully saturated rings. The Morgan fingerprint density at radius 1 is 1.29 bits per heavy atom. The van der Waals surface area contributed by atoms with Gasteiger partial charge in [-0.2, -0.15) is 5.10 Å². The van der Waals surface area contributed by atoms with E-state index in [1.54, 1.807) is 6.92 Å². The second kappa shape index (κ2) is 5.81. The lowest BCUT2D eigenvalue weighted by Crippen LogP contribution is -2.33. The molecule has 6 heteroatoms. The van der Waals surface area contributed by atoms with Crippen molar-refractivity contribution in [3.8, 4) is 0 Å². The van der Waals surface area contributed by atoms with Gasteiger partial charge in [0.15, 0.2) is 5.65 Å². The molecule has 0 bridgehead atoms. The Balaban J connectivity index is 1.68. The van der Waals surface area contributed by atoms with Gasteiger partial charge in [0.05, 0.1) is 5.69 Å². The highest BCUT2D eigenvalue weighted by molar-refractivity contribution is 5.73. The lowest BCUT2D eigenvalue weighted by molar-refractivity contribution is -0.128. The quantitative estimate of drug-likeness (QED) is 0.830. The van der Waals surface area contributed by atoms with E-state index in [1.807, 2.05) is 34.8 Å². The smallest absolute Gasteiger partial charge is 0.219 e. The van der Waals surface area contributed by atoms with Gasteiger partial charge in [0.2, 0.25) is 5.91 Å². The summed E-state index contributed by atoms with van der Waals surface area (Å²) in [7, 11) is 0. The average Bonchev–Trinajstić information content (AvgIpc) is 2.65. The summed E-state index contributed by atoms with van der Waals surface area (Å²) in [5, 5.41) is 4.40. The van der Waals surface area contributed by atoms with Crippen molar-refractivity contribution in [2.75, 3.05) is 26.2 Å². The predicted molar refractivity (Wildman–Crippen MR) is 79.9 cm³/mol. The zero-order chi connectivity index (χ0) is 14.8. The van der Waals surface area contributed by atoms with E-state index < -0.39 is 0 Å². The molecule has 0 spiro atoms. The van der Waals surface area contributed by atoms with Crippen LogP contribution in [0, 0.1) is 6.92 Å². The number of fused-ring (bicyclic) bond motifs is 1. The topological polar surface area (TPSA) is 53.7 Å². The van der Waals surface area contributed by atoms with E-state index in [9.17, 15) is 4.79 Å². The van der Waals surface area contributed by atoms with Crippen LogP contribution in [0.25, 0.3) is 5.65 Å². The normalized spacial score (nSPS) is 17.1. The van der Waals surface area contributed by atoms with E-state index in [0.717, 1.165) is 56.0 Å². The Morgan fingerprint density at radius 3 is 2.95 bits per heavy atom. The van der Waals surface area contributed by atoms with E-state index in [0.29, 0.717) is 0 Å². The van der Waals surface area contributed by atoms with E-state index >= 15 is 0 Å². The number of aryl methyl sites for hydroxylation is 1. The fourth-order valence-electron chi connectivity index (χ4n) is 2.82. The monoisotopic (exact) mass is 287 g/mol. The summed E-state index contributed by atoms with van der Waals surface area (Å²) in [6, 6.07) is 1.97. The van der Waals surface area contributed by atoms with Crippen molar-refractivity contribution in [1.29, 1.82) is 0 Å². The highest BCUT2D eigenvalue weighted by Gasteiger charge is 2.16. The number of hydrogen-bond acceptors (Lipinski definition) is 4. The number of hydrogen-bond donors (Lipinski definition) is 0. The fourth-order valence-corrected chi connectivity index (χ4v) is 2.82.